The topological polar surface area (TPSA) is 21.3 Å². The highest BCUT2D eigenvalue weighted by Crippen LogP contribution is 2.54. The number of hydrogen-bond donors (Lipinski definition) is 1. The lowest BCUT2D eigenvalue weighted by molar-refractivity contribution is 0.314. The van der Waals surface area contributed by atoms with Crippen LogP contribution in [0.2, 0.25) is 0 Å². The second-order valence-corrected chi connectivity index (χ2v) is 6.14. The van der Waals surface area contributed by atoms with Gasteiger partial charge in [0.05, 0.1) is 0 Å². The molecule has 0 radical (unpaired) electrons. The first kappa shape index (κ1) is 10.9. The Balaban J connectivity index is 1.72. The first-order valence-electron chi connectivity index (χ1n) is 7.37. The maximum absolute atomic E-state index is 6.04. The molecular formula is C16H21NO. The van der Waals surface area contributed by atoms with Crippen molar-refractivity contribution in [2.24, 2.45) is 11.8 Å². The van der Waals surface area contributed by atoms with Crippen LogP contribution < -0.4 is 10.1 Å². The average molecular weight is 243 g/mol. The molecule has 0 amide bonds. The maximum atomic E-state index is 6.04. The van der Waals surface area contributed by atoms with Crippen LogP contribution in [0.25, 0.3) is 0 Å². The third-order valence-corrected chi connectivity index (χ3v) is 5.11. The zero-order valence-electron chi connectivity index (χ0n) is 10.8. The Morgan fingerprint density at radius 2 is 2.17 bits per heavy atom. The lowest BCUT2D eigenvalue weighted by Gasteiger charge is -2.25. The van der Waals surface area contributed by atoms with Crippen LogP contribution in [-0.4, -0.2) is 13.2 Å². The summed E-state index contributed by atoms with van der Waals surface area (Å²) in [6.45, 7) is 2.74. The van der Waals surface area contributed by atoms with Crippen molar-refractivity contribution < 1.29 is 4.74 Å². The number of fused-ring (bicyclic) bond motifs is 3. The van der Waals surface area contributed by atoms with Gasteiger partial charge >= 0.3 is 0 Å². The molecule has 1 N–H and O–H groups in total. The second kappa shape index (κ2) is 4.27. The summed E-state index contributed by atoms with van der Waals surface area (Å²) in [6.07, 6.45) is 5.78. The summed E-state index contributed by atoms with van der Waals surface area (Å²) in [7, 11) is 0. The van der Waals surface area contributed by atoms with E-state index in [1.165, 1.54) is 42.6 Å². The highest BCUT2D eigenvalue weighted by molar-refractivity contribution is 5.45. The Hall–Kier alpha value is -1.02. The average Bonchev–Trinajstić information content (AvgIpc) is 2.94. The summed E-state index contributed by atoms with van der Waals surface area (Å²) in [4.78, 5) is 0. The number of rotatable bonds is 1. The fourth-order valence-corrected chi connectivity index (χ4v) is 4.29. The van der Waals surface area contributed by atoms with Crippen LogP contribution in [0.1, 0.15) is 42.7 Å². The van der Waals surface area contributed by atoms with Gasteiger partial charge < -0.3 is 10.1 Å². The molecule has 1 aromatic rings. The van der Waals surface area contributed by atoms with E-state index in [0.717, 1.165) is 37.5 Å². The normalized spacial score (nSPS) is 33.9. The molecule has 2 fully saturated rings. The second-order valence-electron chi connectivity index (χ2n) is 6.14. The zero-order valence-corrected chi connectivity index (χ0v) is 10.8. The van der Waals surface area contributed by atoms with Gasteiger partial charge in [-0.15, -0.1) is 0 Å². The molecule has 3 aliphatic rings. The Morgan fingerprint density at radius 1 is 1.17 bits per heavy atom. The van der Waals surface area contributed by atoms with Crippen LogP contribution in [0.5, 0.6) is 5.75 Å². The van der Waals surface area contributed by atoms with Crippen molar-refractivity contribution in [1.29, 1.82) is 0 Å². The molecule has 3 unspecified atom stereocenters. The van der Waals surface area contributed by atoms with Crippen LogP contribution in [-0.2, 0) is 6.54 Å². The molecule has 18 heavy (non-hydrogen) atoms. The van der Waals surface area contributed by atoms with Crippen LogP contribution in [0.3, 0.4) is 0 Å². The minimum Gasteiger partial charge on any atom is -0.492 e. The van der Waals surface area contributed by atoms with E-state index >= 15 is 0 Å². The largest absolute Gasteiger partial charge is 0.492 e. The van der Waals surface area contributed by atoms with Crippen molar-refractivity contribution in [3.8, 4) is 5.75 Å². The van der Waals surface area contributed by atoms with Gasteiger partial charge in [0.2, 0.25) is 0 Å². The van der Waals surface area contributed by atoms with Crippen molar-refractivity contribution >= 4 is 0 Å². The maximum Gasteiger partial charge on any atom is 0.127 e. The van der Waals surface area contributed by atoms with Gasteiger partial charge in [0.15, 0.2) is 0 Å². The summed E-state index contributed by atoms with van der Waals surface area (Å²) in [5, 5.41) is 3.43. The van der Waals surface area contributed by atoms with E-state index in [1.807, 2.05) is 0 Å². The number of hydrogen-bond acceptors (Lipinski definition) is 2. The smallest absolute Gasteiger partial charge is 0.127 e. The van der Waals surface area contributed by atoms with E-state index < -0.39 is 0 Å². The lowest BCUT2D eigenvalue weighted by atomic mass is 9.82. The molecular weight excluding hydrogens is 222 g/mol. The van der Waals surface area contributed by atoms with Crippen LogP contribution >= 0.6 is 0 Å². The SMILES string of the molecule is c1cc2c(c(C3CC4CCC3C4)c1)OCCNC2. The van der Waals surface area contributed by atoms with Crippen LogP contribution in [0.4, 0.5) is 0 Å². The number of nitrogens with one attached hydrogen (secondary N) is 1. The first-order valence-corrected chi connectivity index (χ1v) is 7.37. The summed E-state index contributed by atoms with van der Waals surface area (Å²) in [6, 6.07) is 6.75. The predicted octanol–water partition coefficient (Wildman–Crippen LogP) is 3.07. The lowest BCUT2D eigenvalue weighted by Crippen LogP contribution is -2.16. The van der Waals surface area contributed by atoms with Gasteiger partial charge in [0, 0.05) is 18.7 Å². The van der Waals surface area contributed by atoms with Gasteiger partial charge in [0.25, 0.3) is 0 Å². The van der Waals surface area contributed by atoms with E-state index in [1.54, 1.807) is 0 Å². The molecule has 0 saturated heterocycles. The van der Waals surface area contributed by atoms with Crippen LogP contribution in [0.15, 0.2) is 18.2 Å². The molecule has 3 atom stereocenters. The monoisotopic (exact) mass is 243 g/mol. The minimum absolute atomic E-state index is 0.775. The molecule has 1 aromatic carbocycles. The standard InChI is InChI=1S/C16H21NO/c1-2-13-10-17-6-7-18-16(13)14(3-1)15-9-11-4-5-12(15)8-11/h1-3,11-12,15,17H,4-10H2. The molecule has 4 rings (SSSR count). The molecule has 2 saturated carbocycles. The molecule has 1 aliphatic heterocycles. The van der Waals surface area contributed by atoms with Gasteiger partial charge in [0.1, 0.15) is 12.4 Å². The third-order valence-electron chi connectivity index (χ3n) is 5.11. The molecule has 2 nitrogen and oxygen atoms in total. The van der Waals surface area contributed by atoms with E-state index in [0.29, 0.717) is 0 Å². The highest BCUT2D eigenvalue weighted by Gasteiger charge is 2.41. The fraction of sp³-hybridized carbons (Fsp3) is 0.625. The highest BCUT2D eigenvalue weighted by atomic mass is 16.5. The fourth-order valence-electron chi connectivity index (χ4n) is 4.29. The zero-order chi connectivity index (χ0) is 11.9. The van der Waals surface area contributed by atoms with Gasteiger partial charge in [-0.05, 0) is 42.6 Å². The van der Waals surface area contributed by atoms with Crippen molar-refractivity contribution in [3.63, 3.8) is 0 Å². The van der Waals surface area contributed by atoms with E-state index in [2.05, 4.69) is 23.5 Å². The Labute approximate surface area is 109 Å². The first-order chi connectivity index (χ1) is 8.92. The minimum atomic E-state index is 0.775. The van der Waals surface area contributed by atoms with Gasteiger partial charge in [-0.2, -0.15) is 0 Å². The summed E-state index contributed by atoms with van der Waals surface area (Å²) >= 11 is 0. The number of ether oxygens (including phenoxy) is 1. The number of benzene rings is 1. The molecule has 1 heterocycles. The van der Waals surface area contributed by atoms with Crippen molar-refractivity contribution in [3.05, 3.63) is 29.3 Å². The van der Waals surface area contributed by atoms with Gasteiger partial charge in [-0.3, -0.25) is 0 Å². The van der Waals surface area contributed by atoms with Crippen molar-refractivity contribution in [1.82, 2.24) is 5.32 Å². The third kappa shape index (κ3) is 1.66. The van der Waals surface area contributed by atoms with Gasteiger partial charge in [-0.25, -0.2) is 0 Å². The van der Waals surface area contributed by atoms with E-state index in [4.69, 9.17) is 4.74 Å². The molecule has 96 valence electrons. The van der Waals surface area contributed by atoms with Crippen molar-refractivity contribution in [2.45, 2.75) is 38.1 Å². The molecule has 2 bridgehead atoms. The summed E-state index contributed by atoms with van der Waals surface area (Å²) < 4.78 is 6.04. The Kier molecular flexibility index (Phi) is 2.58. The number of para-hydroxylation sites is 1. The molecule has 2 heteroatoms. The Morgan fingerprint density at radius 3 is 3.00 bits per heavy atom. The van der Waals surface area contributed by atoms with E-state index in [-0.39, 0.29) is 0 Å². The molecule has 0 spiro atoms. The Bertz CT molecular complexity index is 456. The summed E-state index contributed by atoms with van der Waals surface area (Å²) in [5.74, 6) is 3.91. The quantitative estimate of drug-likeness (QED) is 0.818. The summed E-state index contributed by atoms with van der Waals surface area (Å²) in [5.41, 5.74) is 2.86. The van der Waals surface area contributed by atoms with Gasteiger partial charge in [-0.1, -0.05) is 24.6 Å². The van der Waals surface area contributed by atoms with E-state index in [9.17, 15) is 0 Å². The molecule has 0 aromatic heterocycles. The van der Waals surface area contributed by atoms with Crippen molar-refractivity contribution in [2.75, 3.05) is 13.2 Å². The van der Waals surface area contributed by atoms with Crippen LogP contribution in [0, 0.1) is 11.8 Å². The predicted molar refractivity (Wildman–Crippen MR) is 71.8 cm³/mol. The molecule has 2 aliphatic carbocycles.